The maximum absolute atomic E-state index is 12.0. The van der Waals surface area contributed by atoms with E-state index in [0.29, 0.717) is 0 Å². The first-order valence-electron chi connectivity index (χ1n) is 6.86. The number of rotatable bonds is 6. The lowest BCUT2D eigenvalue weighted by Gasteiger charge is -2.19. The summed E-state index contributed by atoms with van der Waals surface area (Å²) in [6, 6.07) is -1.05. The Morgan fingerprint density at radius 2 is 2.05 bits per heavy atom. The number of hydrogen-bond acceptors (Lipinski definition) is 4. The van der Waals surface area contributed by atoms with Gasteiger partial charge in [-0.25, -0.2) is 4.79 Å². The number of imide groups is 1. The van der Waals surface area contributed by atoms with Crippen molar-refractivity contribution in [2.45, 2.75) is 44.7 Å². The fraction of sp³-hybridized carbons (Fsp3) is 0.692. The van der Waals surface area contributed by atoms with Gasteiger partial charge in [0.2, 0.25) is 5.91 Å². The van der Waals surface area contributed by atoms with E-state index >= 15 is 0 Å². The van der Waals surface area contributed by atoms with Gasteiger partial charge in [-0.2, -0.15) is 0 Å². The Labute approximate surface area is 121 Å². The van der Waals surface area contributed by atoms with E-state index in [2.05, 4.69) is 10.6 Å². The van der Waals surface area contributed by atoms with Crippen molar-refractivity contribution in [3.05, 3.63) is 0 Å². The Morgan fingerprint density at radius 3 is 2.48 bits per heavy atom. The minimum absolute atomic E-state index is 0.151. The van der Waals surface area contributed by atoms with E-state index in [9.17, 15) is 19.2 Å². The van der Waals surface area contributed by atoms with Gasteiger partial charge in [0.1, 0.15) is 12.1 Å². The molecule has 1 saturated carbocycles. The molecule has 2 fully saturated rings. The highest BCUT2D eigenvalue weighted by atomic mass is 16.4. The molecule has 0 aromatic heterocycles. The number of carbonyl (C=O) groups is 4. The first-order chi connectivity index (χ1) is 9.70. The van der Waals surface area contributed by atoms with Gasteiger partial charge < -0.3 is 15.7 Å². The van der Waals surface area contributed by atoms with E-state index in [-0.39, 0.29) is 12.3 Å². The van der Waals surface area contributed by atoms with E-state index in [0.717, 1.165) is 17.7 Å². The molecule has 2 aliphatic rings. The number of nitrogens with zero attached hydrogens (tertiary/aromatic N) is 1. The molecule has 0 spiro atoms. The van der Waals surface area contributed by atoms with Crippen LogP contribution in [0.25, 0.3) is 0 Å². The standard InChI is InChI=1S/C13H19N3O5/c1-13(2)11(20)16(12(21)15-13)6-9(17)14-8(5-10(18)19)7-3-4-7/h7-8H,3-6H2,1-2H3,(H,14,17)(H,15,21)(H,18,19). The van der Waals surface area contributed by atoms with E-state index in [4.69, 9.17) is 5.11 Å². The molecule has 116 valence electrons. The summed E-state index contributed by atoms with van der Waals surface area (Å²) in [5, 5.41) is 13.9. The van der Waals surface area contributed by atoms with E-state index in [1.807, 2.05) is 0 Å². The molecule has 1 atom stereocenters. The van der Waals surface area contributed by atoms with Crippen molar-refractivity contribution in [1.82, 2.24) is 15.5 Å². The van der Waals surface area contributed by atoms with Gasteiger partial charge in [-0.15, -0.1) is 0 Å². The molecule has 8 heteroatoms. The first-order valence-corrected chi connectivity index (χ1v) is 6.86. The van der Waals surface area contributed by atoms with Crippen LogP contribution in [-0.2, 0) is 14.4 Å². The van der Waals surface area contributed by atoms with Crippen LogP contribution < -0.4 is 10.6 Å². The predicted molar refractivity (Wildman–Crippen MR) is 71.2 cm³/mol. The van der Waals surface area contributed by atoms with Crippen LogP contribution in [0, 0.1) is 5.92 Å². The van der Waals surface area contributed by atoms with Crippen molar-refractivity contribution < 1.29 is 24.3 Å². The molecule has 0 bridgehead atoms. The van der Waals surface area contributed by atoms with Gasteiger partial charge in [0.15, 0.2) is 0 Å². The van der Waals surface area contributed by atoms with Crippen molar-refractivity contribution in [1.29, 1.82) is 0 Å². The van der Waals surface area contributed by atoms with Crippen molar-refractivity contribution in [3.8, 4) is 0 Å². The molecular weight excluding hydrogens is 278 g/mol. The highest BCUT2D eigenvalue weighted by Gasteiger charge is 2.45. The van der Waals surface area contributed by atoms with Gasteiger partial charge in [-0.1, -0.05) is 0 Å². The molecule has 21 heavy (non-hydrogen) atoms. The maximum Gasteiger partial charge on any atom is 0.325 e. The molecule has 0 radical (unpaired) electrons. The third kappa shape index (κ3) is 3.50. The van der Waals surface area contributed by atoms with Crippen LogP contribution in [0.15, 0.2) is 0 Å². The number of aliphatic carboxylic acids is 1. The number of carbonyl (C=O) groups excluding carboxylic acids is 3. The fourth-order valence-electron chi connectivity index (χ4n) is 2.38. The summed E-state index contributed by atoms with van der Waals surface area (Å²) < 4.78 is 0. The summed E-state index contributed by atoms with van der Waals surface area (Å²) in [6.45, 7) is 2.72. The Balaban J connectivity index is 1.93. The Kier molecular flexibility index (Phi) is 3.89. The maximum atomic E-state index is 12.0. The molecule has 0 aromatic carbocycles. The lowest BCUT2D eigenvalue weighted by atomic mass is 10.1. The van der Waals surface area contributed by atoms with Crippen molar-refractivity contribution in [2.24, 2.45) is 5.92 Å². The topological polar surface area (TPSA) is 116 Å². The average molecular weight is 297 g/mol. The van der Waals surface area contributed by atoms with Gasteiger partial charge in [0.05, 0.1) is 6.42 Å². The average Bonchev–Trinajstić information content (AvgIpc) is 3.14. The van der Waals surface area contributed by atoms with Crippen molar-refractivity contribution >= 4 is 23.8 Å². The molecule has 1 aliphatic heterocycles. The number of hydrogen-bond donors (Lipinski definition) is 3. The van der Waals surface area contributed by atoms with Crippen LogP contribution in [0.4, 0.5) is 4.79 Å². The second-order valence-electron chi connectivity index (χ2n) is 6.06. The van der Waals surface area contributed by atoms with Crippen LogP contribution in [-0.4, -0.2) is 51.9 Å². The van der Waals surface area contributed by atoms with Crippen molar-refractivity contribution in [3.63, 3.8) is 0 Å². The number of carboxylic acids is 1. The van der Waals surface area contributed by atoms with Crippen LogP contribution in [0.3, 0.4) is 0 Å². The van der Waals surface area contributed by atoms with Crippen LogP contribution in [0.1, 0.15) is 33.1 Å². The number of amides is 4. The normalized spacial score (nSPS) is 21.9. The second-order valence-corrected chi connectivity index (χ2v) is 6.06. The Hall–Kier alpha value is -2.12. The van der Waals surface area contributed by atoms with Gasteiger partial charge in [-0.3, -0.25) is 19.3 Å². The summed E-state index contributed by atoms with van der Waals surface area (Å²) in [5.74, 6) is -1.80. The lowest BCUT2D eigenvalue weighted by Crippen LogP contribution is -2.46. The predicted octanol–water partition coefficient (Wildman–Crippen LogP) is -0.314. The van der Waals surface area contributed by atoms with Crippen molar-refractivity contribution in [2.75, 3.05) is 6.54 Å². The Bertz CT molecular complexity index is 498. The van der Waals surface area contributed by atoms with E-state index in [1.165, 1.54) is 0 Å². The zero-order chi connectivity index (χ0) is 15.8. The van der Waals surface area contributed by atoms with Crippen LogP contribution in [0.2, 0.25) is 0 Å². The molecule has 8 nitrogen and oxygen atoms in total. The van der Waals surface area contributed by atoms with Crippen LogP contribution in [0.5, 0.6) is 0 Å². The third-order valence-electron chi connectivity index (χ3n) is 3.68. The molecule has 2 rings (SSSR count). The molecule has 1 unspecified atom stereocenters. The van der Waals surface area contributed by atoms with Gasteiger partial charge in [0.25, 0.3) is 5.91 Å². The molecule has 1 saturated heterocycles. The highest BCUT2D eigenvalue weighted by Crippen LogP contribution is 2.34. The summed E-state index contributed by atoms with van der Waals surface area (Å²) in [4.78, 5) is 47.2. The van der Waals surface area contributed by atoms with Crippen LogP contribution >= 0.6 is 0 Å². The quantitative estimate of drug-likeness (QED) is 0.581. The molecule has 1 heterocycles. The third-order valence-corrected chi connectivity index (χ3v) is 3.68. The summed E-state index contributed by atoms with van der Waals surface area (Å²) in [5.41, 5.74) is -1.02. The SMILES string of the molecule is CC1(C)NC(=O)N(CC(=O)NC(CC(=O)O)C2CC2)C1=O. The second kappa shape index (κ2) is 5.34. The van der Waals surface area contributed by atoms with Gasteiger partial charge in [0, 0.05) is 6.04 Å². The van der Waals surface area contributed by atoms with Gasteiger partial charge >= 0.3 is 12.0 Å². The summed E-state index contributed by atoms with van der Waals surface area (Å²) >= 11 is 0. The number of nitrogens with one attached hydrogen (secondary N) is 2. The molecule has 1 aliphatic carbocycles. The minimum atomic E-state index is -1.02. The molecular formula is C13H19N3O5. The Morgan fingerprint density at radius 1 is 1.43 bits per heavy atom. The van der Waals surface area contributed by atoms with E-state index in [1.54, 1.807) is 13.8 Å². The zero-order valence-corrected chi connectivity index (χ0v) is 12.0. The highest BCUT2D eigenvalue weighted by molar-refractivity contribution is 6.08. The monoisotopic (exact) mass is 297 g/mol. The molecule has 4 amide bonds. The lowest BCUT2D eigenvalue weighted by molar-refractivity contribution is -0.138. The smallest absolute Gasteiger partial charge is 0.325 e. The number of urea groups is 1. The minimum Gasteiger partial charge on any atom is -0.481 e. The summed E-state index contributed by atoms with van der Waals surface area (Å²) in [6.07, 6.45) is 1.62. The molecule has 0 aromatic rings. The zero-order valence-electron chi connectivity index (χ0n) is 12.0. The van der Waals surface area contributed by atoms with Gasteiger partial charge in [-0.05, 0) is 32.6 Å². The molecule has 3 N–H and O–H groups in total. The first kappa shape index (κ1) is 15.3. The van der Waals surface area contributed by atoms with E-state index < -0.39 is 41.9 Å². The largest absolute Gasteiger partial charge is 0.481 e. The summed E-state index contributed by atoms with van der Waals surface area (Å²) in [7, 11) is 0. The number of carboxylic acid groups (broad SMARTS) is 1. The fourth-order valence-corrected chi connectivity index (χ4v) is 2.38.